The third-order valence-electron chi connectivity index (χ3n) is 4.91. The summed E-state index contributed by atoms with van der Waals surface area (Å²) in [6.45, 7) is 1.81. The van der Waals surface area contributed by atoms with Crippen LogP contribution in [0.5, 0.6) is 0 Å². The summed E-state index contributed by atoms with van der Waals surface area (Å²) in [4.78, 5) is 37.6. The summed E-state index contributed by atoms with van der Waals surface area (Å²) in [5.41, 5.74) is 0.266. The summed E-state index contributed by atoms with van der Waals surface area (Å²) in [5, 5.41) is 16.4. The molecule has 8 nitrogen and oxygen atoms in total. The number of nitro benzene ring substituents is 1. The highest BCUT2D eigenvalue weighted by molar-refractivity contribution is 6.04. The van der Waals surface area contributed by atoms with E-state index < -0.39 is 28.3 Å². The second kappa shape index (κ2) is 8.17. The number of aromatic amines is 1. The van der Waals surface area contributed by atoms with Crippen molar-refractivity contribution < 1.29 is 27.7 Å². The van der Waals surface area contributed by atoms with Gasteiger partial charge in [0.1, 0.15) is 11.4 Å². The molecule has 2 aromatic rings. The number of aromatic nitrogens is 1. The number of hydrogen-bond acceptors (Lipinski definition) is 5. The Bertz CT molecular complexity index is 1010. The van der Waals surface area contributed by atoms with E-state index in [9.17, 15) is 32.9 Å². The Balaban J connectivity index is 1.62. The van der Waals surface area contributed by atoms with Crippen LogP contribution in [0, 0.1) is 17.0 Å². The molecule has 0 fully saturated rings. The molecule has 0 saturated heterocycles. The molecule has 0 bridgehead atoms. The molecule has 0 spiro atoms. The van der Waals surface area contributed by atoms with Crippen molar-refractivity contribution in [3.63, 3.8) is 0 Å². The highest BCUT2D eigenvalue weighted by Crippen LogP contribution is 2.34. The Morgan fingerprint density at radius 2 is 2.00 bits per heavy atom. The number of aryl methyl sites for hydroxylation is 1. The molecule has 0 aliphatic heterocycles. The smallest absolute Gasteiger partial charge is 0.378 e. The third-order valence-corrected chi connectivity index (χ3v) is 4.91. The Morgan fingerprint density at radius 3 is 2.63 bits per heavy atom. The van der Waals surface area contributed by atoms with E-state index in [4.69, 9.17) is 0 Å². The number of carbonyl (C=O) groups excluding carboxylic acids is 2. The van der Waals surface area contributed by atoms with Crippen LogP contribution in [0.25, 0.3) is 0 Å². The fraction of sp³-hybridized carbons (Fsp3) is 0.368. The van der Waals surface area contributed by atoms with E-state index in [0.717, 1.165) is 24.2 Å². The Morgan fingerprint density at radius 1 is 1.27 bits per heavy atom. The van der Waals surface area contributed by atoms with E-state index in [0.29, 0.717) is 30.0 Å². The Hall–Kier alpha value is -3.37. The van der Waals surface area contributed by atoms with Gasteiger partial charge in [-0.05, 0) is 37.5 Å². The van der Waals surface area contributed by atoms with Gasteiger partial charge in [-0.25, -0.2) is 0 Å². The minimum absolute atomic E-state index is 0.000305. The molecular formula is C19H19F3N4O4. The molecule has 1 heterocycles. The lowest BCUT2D eigenvalue weighted by atomic mass is 9.94. The molecule has 1 amide bonds. The summed E-state index contributed by atoms with van der Waals surface area (Å²) in [5.74, 6) is -0.432. The van der Waals surface area contributed by atoms with Gasteiger partial charge in [0.25, 0.3) is 11.6 Å². The second-order valence-corrected chi connectivity index (χ2v) is 6.92. The number of nitrogens with zero attached hydrogens (tertiary/aromatic N) is 1. The van der Waals surface area contributed by atoms with Crippen LogP contribution in [-0.4, -0.2) is 34.7 Å². The van der Waals surface area contributed by atoms with Gasteiger partial charge < -0.3 is 15.6 Å². The monoisotopic (exact) mass is 424 g/mol. The van der Waals surface area contributed by atoms with Crippen molar-refractivity contribution in [3.8, 4) is 0 Å². The summed E-state index contributed by atoms with van der Waals surface area (Å²) >= 11 is 0. The number of alkyl halides is 3. The predicted molar refractivity (Wildman–Crippen MR) is 102 cm³/mol. The Kier molecular flexibility index (Phi) is 5.81. The molecule has 30 heavy (non-hydrogen) atoms. The van der Waals surface area contributed by atoms with Crippen LogP contribution < -0.4 is 10.6 Å². The normalized spacial score (nSPS) is 13.7. The molecule has 3 N–H and O–H groups in total. The number of ketones is 1. The molecule has 0 saturated carbocycles. The highest BCUT2D eigenvalue weighted by atomic mass is 19.4. The minimum atomic E-state index is -4.69. The van der Waals surface area contributed by atoms with Crippen molar-refractivity contribution in [2.24, 2.45) is 0 Å². The van der Waals surface area contributed by atoms with Gasteiger partial charge >= 0.3 is 6.18 Å². The van der Waals surface area contributed by atoms with Crippen molar-refractivity contribution in [1.82, 2.24) is 10.3 Å². The lowest BCUT2D eigenvalue weighted by molar-refractivity contribution is -0.384. The second-order valence-electron chi connectivity index (χ2n) is 6.92. The average molecular weight is 424 g/mol. The van der Waals surface area contributed by atoms with Crippen LogP contribution in [0.2, 0.25) is 0 Å². The molecular weight excluding hydrogens is 405 g/mol. The first-order valence-corrected chi connectivity index (χ1v) is 9.22. The number of H-pyrrole nitrogens is 1. The van der Waals surface area contributed by atoms with Crippen LogP contribution in [0.15, 0.2) is 18.2 Å². The highest BCUT2D eigenvalue weighted by Gasteiger charge is 2.33. The van der Waals surface area contributed by atoms with Gasteiger partial charge in [0.15, 0.2) is 5.78 Å². The van der Waals surface area contributed by atoms with Crippen LogP contribution in [0.3, 0.4) is 0 Å². The van der Waals surface area contributed by atoms with Crippen LogP contribution in [0.4, 0.5) is 24.5 Å². The number of rotatable bonds is 6. The van der Waals surface area contributed by atoms with Gasteiger partial charge in [-0.2, -0.15) is 13.2 Å². The summed E-state index contributed by atoms with van der Waals surface area (Å²) in [6.07, 6.45) is -2.83. The van der Waals surface area contributed by atoms with E-state index >= 15 is 0 Å². The number of carbonyl (C=O) groups is 2. The predicted octanol–water partition coefficient (Wildman–Crippen LogP) is 3.61. The van der Waals surface area contributed by atoms with E-state index in [-0.39, 0.29) is 30.3 Å². The number of halogens is 3. The molecule has 0 atom stereocenters. The maximum atomic E-state index is 12.7. The summed E-state index contributed by atoms with van der Waals surface area (Å²) in [6, 6.07) is 2.19. The third kappa shape index (κ3) is 4.29. The maximum absolute atomic E-state index is 12.7. The zero-order chi connectivity index (χ0) is 22.1. The van der Waals surface area contributed by atoms with Crippen LogP contribution in [0.1, 0.15) is 50.5 Å². The van der Waals surface area contributed by atoms with Gasteiger partial charge in [0.05, 0.1) is 10.5 Å². The lowest BCUT2D eigenvalue weighted by Gasteiger charge is -2.11. The maximum Gasteiger partial charge on any atom is 0.416 e. The SMILES string of the molecule is Cc1c(C(=O)NCCNc2ccc(C(F)(F)F)cc2[N+](=O)[O-])[nH]c2c1C(=O)CCC2. The lowest BCUT2D eigenvalue weighted by Crippen LogP contribution is -2.29. The minimum Gasteiger partial charge on any atom is -0.378 e. The number of hydrogen-bond donors (Lipinski definition) is 3. The molecule has 1 aliphatic carbocycles. The van der Waals surface area contributed by atoms with Crippen molar-refractivity contribution in [3.05, 3.63) is 56.4 Å². The molecule has 1 aliphatic rings. The molecule has 11 heteroatoms. The van der Waals surface area contributed by atoms with Crippen molar-refractivity contribution >= 4 is 23.1 Å². The van der Waals surface area contributed by atoms with Gasteiger partial charge in [-0.1, -0.05) is 0 Å². The first kappa shape index (κ1) is 21.3. The molecule has 1 aromatic carbocycles. The van der Waals surface area contributed by atoms with E-state index in [1.54, 1.807) is 6.92 Å². The number of nitro groups is 1. The van der Waals surface area contributed by atoms with Gasteiger partial charge in [0, 0.05) is 36.8 Å². The zero-order valence-electron chi connectivity index (χ0n) is 16.0. The van der Waals surface area contributed by atoms with E-state index in [1.807, 2.05) is 0 Å². The van der Waals surface area contributed by atoms with Gasteiger partial charge in [-0.15, -0.1) is 0 Å². The van der Waals surface area contributed by atoms with Crippen molar-refractivity contribution in [2.75, 3.05) is 18.4 Å². The number of fused-ring (bicyclic) bond motifs is 1. The Labute approximate surface area is 169 Å². The fourth-order valence-electron chi connectivity index (χ4n) is 3.47. The first-order chi connectivity index (χ1) is 14.1. The number of anilines is 1. The number of benzene rings is 1. The number of Topliss-reactive ketones (excluding diaryl/α,β-unsaturated/α-hetero) is 1. The molecule has 0 unspecified atom stereocenters. The molecule has 3 rings (SSSR count). The van der Waals surface area contributed by atoms with Gasteiger partial charge in [-0.3, -0.25) is 19.7 Å². The van der Waals surface area contributed by atoms with E-state index in [1.165, 1.54) is 0 Å². The zero-order valence-corrected chi connectivity index (χ0v) is 16.0. The standard InChI is InChI=1S/C19H19F3N4O4/c1-10-16-13(3-2-4-15(16)27)25-17(10)18(28)24-8-7-23-12-6-5-11(19(20,21)22)9-14(12)26(29)30/h5-6,9,23,25H,2-4,7-8H2,1H3,(H,24,28). The summed E-state index contributed by atoms with van der Waals surface area (Å²) < 4.78 is 38.2. The van der Waals surface area contributed by atoms with E-state index in [2.05, 4.69) is 15.6 Å². The topological polar surface area (TPSA) is 117 Å². The fourth-order valence-corrected chi connectivity index (χ4v) is 3.47. The average Bonchev–Trinajstić information content (AvgIpc) is 3.02. The first-order valence-electron chi connectivity index (χ1n) is 9.22. The van der Waals surface area contributed by atoms with Crippen molar-refractivity contribution in [2.45, 2.75) is 32.4 Å². The number of amides is 1. The quantitative estimate of drug-likeness (QED) is 0.372. The molecule has 1 aromatic heterocycles. The number of nitrogens with one attached hydrogen (secondary N) is 3. The van der Waals surface area contributed by atoms with Gasteiger partial charge in [0.2, 0.25) is 0 Å². The van der Waals surface area contributed by atoms with Crippen LogP contribution in [-0.2, 0) is 12.6 Å². The summed E-state index contributed by atoms with van der Waals surface area (Å²) in [7, 11) is 0. The molecule has 0 radical (unpaired) electrons. The van der Waals surface area contributed by atoms with Crippen LogP contribution >= 0.6 is 0 Å². The largest absolute Gasteiger partial charge is 0.416 e. The van der Waals surface area contributed by atoms with Crippen molar-refractivity contribution in [1.29, 1.82) is 0 Å². The molecule has 160 valence electrons.